The number of benzene rings is 1. The van der Waals surface area contributed by atoms with E-state index in [0.29, 0.717) is 23.1 Å². The fraction of sp³-hybridized carbons (Fsp3) is 0.0833. The Hall–Kier alpha value is -2.23. The summed E-state index contributed by atoms with van der Waals surface area (Å²) in [4.78, 5) is 4.09. The molecule has 0 aliphatic carbocycles. The van der Waals surface area contributed by atoms with Gasteiger partial charge < -0.3 is 15.2 Å². The number of aromatic nitrogens is 1. The second-order valence-corrected chi connectivity index (χ2v) is 3.18. The van der Waals surface area contributed by atoms with E-state index in [4.69, 9.17) is 15.2 Å². The third-order valence-corrected chi connectivity index (χ3v) is 2.05. The molecule has 0 saturated carbocycles. The molecule has 0 amide bonds. The van der Waals surface area contributed by atoms with E-state index in [2.05, 4.69) is 4.98 Å². The molecule has 1 aromatic heterocycles. The summed E-state index contributed by atoms with van der Waals surface area (Å²) in [6.45, 7) is 0. The van der Waals surface area contributed by atoms with Crippen LogP contribution in [0.5, 0.6) is 17.4 Å². The molecule has 1 aromatic carbocycles. The zero-order chi connectivity index (χ0) is 11.4. The minimum absolute atomic E-state index is 0.440. The molecule has 0 radical (unpaired) electrons. The van der Waals surface area contributed by atoms with E-state index in [9.17, 15) is 0 Å². The van der Waals surface area contributed by atoms with Gasteiger partial charge >= 0.3 is 0 Å². The van der Waals surface area contributed by atoms with Crippen molar-refractivity contribution < 1.29 is 9.47 Å². The Morgan fingerprint density at radius 3 is 2.56 bits per heavy atom. The van der Waals surface area contributed by atoms with Crippen molar-refractivity contribution in [3.63, 3.8) is 0 Å². The lowest BCUT2D eigenvalue weighted by molar-refractivity contribution is 0.369. The second-order valence-electron chi connectivity index (χ2n) is 3.18. The Bertz CT molecular complexity index is 469. The Kier molecular flexibility index (Phi) is 2.91. The van der Waals surface area contributed by atoms with Gasteiger partial charge in [-0.1, -0.05) is 0 Å². The van der Waals surface area contributed by atoms with Crippen LogP contribution in [-0.4, -0.2) is 12.1 Å². The maximum Gasteiger partial charge on any atom is 0.262 e. The molecule has 4 nitrogen and oxygen atoms in total. The van der Waals surface area contributed by atoms with Gasteiger partial charge in [-0.25, -0.2) is 4.98 Å². The van der Waals surface area contributed by atoms with Gasteiger partial charge in [-0.3, -0.25) is 0 Å². The summed E-state index contributed by atoms with van der Waals surface area (Å²) in [5.41, 5.74) is 6.28. The van der Waals surface area contributed by atoms with E-state index in [0.717, 1.165) is 0 Å². The van der Waals surface area contributed by atoms with Crippen LogP contribution in [0.1, 0.15) is 0 Å². The van der Waals surface area contributed by atoms with Gasteiger partial charge in [0.15, 0.2) is 5.75 Å². The standard InChI is InChI=1S/C12H12N2O2/c1-15-11-3-2-8-14-12(11)16-10-6-4-9(13)5-7-10/h2-8H,13H2,1H3. The van der Waals surface area contributed by atoms with E-state index in [-0.39, 0.29) is 0 Å². The lowest BCUT2D eigenvalue weighted by atomic mass is 10.3. The molecule has 0 bridgehead atoms. The topological polar surface area (TPSA) is 57.4 Å². The quantitative estimate of drug-likeness (QED) is 0.801. The van der Waals surface area contributed by atoms with Gasteiger partial charge in [0.05, 0.1) is 7.11 Å². The molecule has 0 aliphatic rings. The lowest BCUT2D eigenvalue weighted by Crippen LogP contribution is -1.92. The average Bonchev–Trinajstić information content (AvgIpc) is 2.33. The number of rotatable bonds is 3. The normalized spacial score (nSPS) is 9.81. The summed E-state index contributed by atoms with van der Waals surface area (Å²) in [7, 11) is 1.58. The molecule has 82 valence electrons. The highest BCUT2D eigenvalue weighted by molar-refractivity contribution is 5.43. The van der Waals surface area contributed by atoms with Crippen molar-refractivity contribution in [3.8, 4) is 17.4 Å². The van der Waals surface area contributed by atoms with Crippen molar-refractivity contribution in [1.29, 1.82) is 0 Å². The first-order valence-electron chi connectivity index (χ1n) is 4.82. The number of nitrogens with two attached hydrogens (primary N) is 1. The van der Waals surface area contributed by atoms with Crippen LogP contribution < -0.4 is 15.2 Å². The SMILES string of the molecule is COc1cccnc1Oc1ccc(N)cc1. The van der Waals surface area contributed by atoms with E-state index in [1.165, 1.54) is 0 Å². The summed E-state index contributed by atoms with van der Waals surface area (Å²) < 4.78 is 10.7. The van der Waals surface area contributed by atoms with Gasteiger partial charge in [0.1, 0.15) is 5.75 Å². The molecule has 0 unspecified atom stereocenters. The Morgan fingerprint density at radius 2 is 1.88 bits per heavy atom. The predicted molar refractivity (Wildman–Crippen MR) is 61.7 cm³/mol. The molecule has 0 atom stereocenters. The smallest absolute Gasteiger partial charge is 0.262 e. The molecule has 16 heavy (non-hydrogen) atoms. The van der Waals surface area contributed by atoms with E-state index >= 15 is 0 Å². The molecule has 2 N–H and O–H groups in total. The Labute approximate surface area is 93.6 Å². The fourth-order valence-electron chi connectivity index (χ4n) is 1.26. The largest absolute Gasteiger partial charge is 0.491 e. The van der Waals surface area contributed by atoms with Gasteiger partial charge in [-0.15, -0.1) is 0 Å². The zero-order valence-electron chi connectivity index (χ0n) is 8.88. The molecule has 0 aliphatic heterocycles. The number of hydrogen-bond acceptors (Lipinski definition) is 4. The molecule has 2 aromatic rings. The number of nitrogens with zero attached hydrogens (tertiary/aromatic N) is 1. The van der Waals surface area contributed by atoms with Crippen molar-refractivity contribution in [2.45, 2.75) is 0 Å². The maximum absolute atomic E-state index is 5.58. The van der Waals surface area contributed by atoms with Crippen molar-refractivity contribution >= 4 is 5.69 Å². The number of methoxy groups -OCH3 is 1. The van der Waals surface area contributed by atoms with Gasteiger partial charge in [0, 0.05) is 11.9 Å². The molecular weight excluding hydrogens is 204 g/mol. The molecule has 2 rings (SSSR count). The van der Waals surface area contributed by atoms with Crippen LogP contribution in [0.3, 0.4) is 0 Å². The predicted octanol–water partition coefficient (Wildman–Crippen LogP) is 2.46. The van der Waals surface area contributed by atoms with Crippen LogP contribution in [0.25, 0.3) is 0 Å². The zero-order valence-corrected chi connectivity index (χ0v) is 8.88. The lowest BCUT2D eigenvalue weighted by Gasteiger charge is -2.08. The molecule has 0 spiro atoms. The third kappa shape index (κ3) is 2.23. The van der Waals surface area contributed by atoms with E-state index in [1.807, 2.05) is 0 Å². The number of anilines is 1. The van der Waals surface area contributed by atoms with Gasteiger partial charge in [-0.05, 0) is 36.4 Å². The highest BCUT2D eigenvalue weighted by atomic mass is 16.5. The van der Waals surface area contributed by atoms with Crippen LogP contribution in [0.2, 0.25) is 0 Å². The molecule has 0 fully saturated rings. The van der Waals surface area contributed by atoms with E-state index < -0.39 is 0 Å². The number of ether oxygens (including phenoxy) is 2. The van der Waals surface area contributed by atoms with E-state index in [1.54, 1.807) is 49.7 Å². The van der Waals surface area contributed by atoms with Gasteiger partial charge in [0.25, 0.3) is 5.88 Å². The number of hydrogen-bond donors (Lipinski definition) is 1. The monoisotopic (exact) mass is 216 g/mol. The average molecular weight is 216 g/mol. The molecule has 4 heteroatoms. The molecule has 0 saturated heterocycles. The third-order valence-electron chi connectivity index (χ3n) is 2.05. The summed E-state index contributed by atoms with van der Waals surface area (Å²) in [6, 6.07) is 10.7. The maximum atomic E-state index is 5.58. The van der Waals surface area contributed by atoms with Crippen LogP contribution >= 0.6 is 0 Å². The van der Waals surface area contributed by atoms with Crippen molar-refractivity contribution in [3.05, 3.63) is 42.6 Å². The van der Waals surface area contributed by atoms with Crippen molar-refractivity contribution in [1.82, 2.24) is 4.98 Å². The summed E-state index contributed by atoms with van der Waals surface area (Å²) >= 11 is 0. The van der Waals surface area contributed by atoms with Gasteiger partial charge in [-0.2, -0.15) is 0 Å². The van der Waals surface area contributed by atoms with Crippen LogP contribution in [-0.2, 0) is 0 Å². The second kappa shape index (κ2) is 4.53. The van der Waals surface area contributed by atoms with Crippen LogP contribution in [0.4, 0.5) is 5.69 Å². The van der Waals surface area contributed by atoms with Crippen LogP contribution in [0, 0.1) is 0 Å². The van der Waals surface area contributed by atoms with Gasteiger partial charge in [0.2, 0.25) is 0 Å². The summed E-state index contributed by atoms with van der Waals surface area (Å²) in [5, 5.41) is 0. The fourth-order valence-corrected chi connectivity index (χ4v) is 1.26. The van der Waals surface area contributed by atoms with Crippen molar-refractivity contribution in [2.75, 3.05) is 12.8 Å². The minimum Gasteiger partial charge on any atom is -0.491 e. The van der Waals surface area contributed by atoms with Crippen molar-refractivity contribution in [2.24, 2.45) is 0 Å². The highest BCUT2D eigenvalue weighted by Crippen LogP contribution is 2.28. The summed E-state index contributed by atoms with van der Waals surface area (Å²) in [6.07, 6.45) is 1.65. The van der Waals surface area contributed by atoms with Crippen LogP contribution in [0.15, 0.2) is 42.6 Å². The minimum atomic E-state index is 0.440. The number of nitrogen functional groups attached to an aromatic ring is 1. The highest BCUT2D eigenvalue weighted by Gasteiger charge is 2.05. The molecular formula is C12H12N2O2. The first-order chi connectivity index (χ1) is 7.79. The summed E-state index contributed by atoms with van der Waals surface area (Å²) in [5.74, 6) is 1.71. The molecule has 1 heterocycles. The Balaban J connectivity index is 2.23. The first kappa shape index (κ1) is 10.3. The number of pyridine rings is 1. The Morgan fingerprint density at radius 1 is 1.12 bits per heavy atom. The first-order valence-corrected chi connectivity index (χ1v) is 4.82.